The van der Waals surface area contributed by atoms with E-state index in [0.29, 0.717) is 28.3 Å². The van der Waals surface area contributed by atoms with Crippen LogP contribution in [0.2, 0.25) is 0 Å². The molecule has 0 radical (unpaired) electrons. The van der Waals surface area contributed by atoms with Gasteiger partial charge in [-0.05, 0) is 12.1 Å². The summed E-state index contributed by atoms with van der Waals surface area (Å²) in [6, 6.07) is 15.8. The predicted octanol–water partition coefficient (Wildman–Crippen LogP) is 3.45. The highest BCUT2D eigenvalue weighted by Crippen LogP contribution is 2.26. The molecule has 0 bridgehead atoms. The lowest BCUT2D eigenvalue weighted by Gasteiger charge is -2.09. The number of aromatic nitrogens is 6. The van der Waals surface area contributed by atoms with E-state index in [4.69, 9.17) is 0 Å². The molecule has 10 heteroatoms. The Morgan fingerprint density at radius 2 is 2.00 bits per heavy atom. The molecule has 5 rings (SSSR count). The second-order valence-electron chi connectivity index (χ2n) is 7.14. The average Bonchev–Trinajstić information content (AvgIpc) is 3.42. The number of hydrogen-bond donors (Lipinski definition) is 1. The maximum atomic E-state index is 14.8. The maximum absolute atomic E-state index is 14.8. The molecule has 9 nitrogen and oxygen atoms in total. The first-order valence-corrected chi connectivity index (χ1v) is 9.85. The third-order valence-corrected chi connectivity index (χ3v) is 5.04. The van der Waals surface area contributed by atoms with Crippen LogP contribution in [-0.4, -0.2) is 35.3 Å². The Morgan fingerprint density at radius 1 is 1.18 bits per heavy atom. The number of hydrogen-bond acceptors (Lipinski definition) is 6. The lowest BCUT2D eigenvalue weighted by atomic mass is 10.1. The number of rotatable bonds is 4. The van der Waals surface area contributed by atoms with Gasteiger partial charge in [-0.15, -0.1) is 5.10 Å². The highest BCUT2D eigenvalue weighted by atomic mass is 19.1. The molecule has 0 unspecified atom stereocenters. The number of halogens is 1. The van der Waals surface area contributed by atoms with Crippen LogP contribution in [0.1, 0.15) is 16.1 Å². The maximum Gasteiger partial charge on any atom is 0.274 e. The van der Waals surface area contributed by atoms with Gasteiger partial charge in [-0.25, -0.2) is 13.9 Å². The van der Waals surface area contributed by atoms with Crippen LogP contribution in [-0.2, 0) is 7.05 Å². The molecule has 0 spiro atoms. The fourth-order valence-corrected chi connectivity index (χ4v) is 3.48. The Labute approximate surface area is 186 Å². The zero-order valence-corrected chi connectivity index (χ0v) is 17.3. The molecule has 4 heterocycles. The zero-order valence-electron chi connectivity index (χ0n) is 17.3. The van der Waals surface area contributed by atoms with Crippen LogP contribution in [0.4, 0.5) is 10.1 Å². The van der Waals surface area contributed by atoms with Crippen molar-refractivity contribution in [3.63, 3.8) is 0 Å². The van der Waals surface area contributed by atoms with E-state index in [1.807, 2.05) is 30.3 Å². The highest BCUT2D eigenvalue weighted by Gasteiger charge is 2.22. The molecular weight excluding hydrogens is 423 g/mol. The van der Waals surface area contributed by atoms with Gasteiger partial charge < -0.3 is 5.32 Å². The van der Waals surface area contributed by atoms with E-state index in [0.717, 1.165) is 5.56 Å². The molecule has 1 amide bonds. The van der Waals surface area contributed by atoms with Crippen molar-refractivity contribution in [3.8, 4) is 28.7 Å². The second kappa shape index (κ2) is 7.97. The number of fused-ring (bicyclic) bond motifs is 1. The van der Waals surface area contributed by atoms with Crippen molar-refractivity contribution in [1.82, 2.24) is 29.4 Å². The molecule has 0 aliphatic carbocycles. The minimum Gasteiger partial charge on any atom is -0.317 e. The number of aryl methyl sites for hydroxylation is 1. The average molecular weight is 438 g/mol. The summed E-state index contributed by atoms with van der Waals surface area (Å²) < 4.78 is 17.6. The molecule has 5 aromatic rings. The second-order valence-corrected chi connectivity index (χ2v) is 7.14. The number of benzene rings is 1. The highest BCUT2D eigenvalue weighted by molar-refractivity contribution is 6.07. The predicted molar refractivity (Wildman–Crippen MR) is 117 cm³/mol. The van der Waals surface area contributed by atoms with Gasteiger partial charge in [0.25, 0.3) is 5.91 Å². The summed E-state index contributed by atoms with van der Waals surface area (Å²) in [7, 11) is 1.58. The number of nitrogens with one attached hydrogen (secondary N) is 1. The van der Waals surface area contributed by atoms with E-state index < -0.39 is 11.7 Å². The van der Waals surface area contributed by atoms with Crippen LogP contribution >= 0.6 is 0 Å². The van der Waals surface area contributed by atoms with E-state index in [2.05, 4.69) is 31.6 Å². The minimum absolute atomic E-state index is 0.0781. The Morgan fingerprint density at radius 3 is 2.79 bits per heavy atom. The van der Waals surface area contributed by atoms with Crippen LogP contribution in [0.5, 0.6) is 0 Å². The topological polar surface area (TPSA) is 114 Å². The fourth-order valence-electron chi connectivity index (χ4n) is 3.48. The number of carbonyl (C=O) groups is 1. The normalized spacial score (nSPS) is 10.8. The van der Waals surface area contributed by atoms with Crippen LogP contribution < -0.4 is 5.32 Å². The third-order valence-electron chi connectivity index (χ3n) is 5.04. The lowest BCUT2D eigenvalue weighted by molar-refractivity contribution is 0.101. The monoisotopic (exact) mass is 438 g/mol. The van der Waals surface area contributed by atoms with Crippen LogP contribution in [0.25, 0.3) is 28.3 Å². The number of carbonyl (C=O) groups excluding carboxylic acids is 1. The first-order valence-electron chi connectivity index (χ1n) is 9.85. The fraction of sp³-hybridized carbons (Fsp3) is 0.0435. The lowest BCUT2D eigenvalue weighted by Crippen LogP contribution is -2.18. The molecule has 1 aromatic carbocycles. The number of anilines is 1. The van der Waals surface area contributed by atoms with Crippen LogP contribution in [0.3, 0.4) is 0 Å². The number of amides is 1. The van der Waals surface area contributed by atoms with Gasteiger partial charge in [0.2, 0.25) is 0 Å². The van der Waals surface area contributed by atoms with Gasteiger partial charge in [0.15, 0.2) is 17.3 Å². The summed E-state index contributed by atoms with van der Waals surface area (Å²) in [4.78, 5) is 21.7. The van der Waals surface area contributed by atoms with Crippen molar-refractivity contribution in [2.45, 2.75) is 0 Å². The summed E-state index contributed by atoms with van der Waals surface area (Å²) in [5, 5.41) is 20.5. The molecule has 1 N–H and O–H groups in total. The van der Waals surface area contributed by atoms with Crippen molar-refractivity contribution in [1.29, 1.82) is 5.26 Å². The molecular formula is C23H15FN8O. The summed E-state index contributed by atoms with van der Waals surface area (Å²) in [5.41, 5.74) is 2.12. The van der Waals surface area contributed by atoms with Crippen LogP contribution in [0.15, 0.2) is 67.1 Å². The van der Waals surface area contributed by atoms with Gasteiger partial charge in [-0.2, -0.15) is 10.4 Å². The van der Waals surface area contributed by atoms with Crippen molar-refractivity contribution in [2.75, 3.05) is 5.32 Å². The van der Waals surface area contributed by atoms with Gasteiger partial charge >= 0.3 is 0 Å². The molecule has 160 valence electrons. The minimum atomic E-state index is -0.665. The van der Waals surface area contributed by atoms with Gasteiger partial charge in [0.1, 0.15) is 11.8 Å². The largest absolute Gasteiger partial charge is 0.317 e. The molecule has 0 atom stereocenters. The zero-order chi connectivity index (χ0) is 22.9. The van der Waals surface area contributed by atoms with Crippen LogP contribution in [0, 0.1) is 17.1 Å². The Bertz CT molecular complexity index is 1550. The van der Waals surface area contributed by atoms with E-state index in [-0.39, 0.29) is 11.4 Å². The van der Waals surface area contributed by atoms with Gasteiger partial charge in [-0.1, -0.05) is 30.3 Å². The first kappa shape index (κ1) is 20.0. The van der Waals surface area contributed by atoms with Crippen molar-refractivity contribution in [3.05, 3.63) is 84.2 Å². The molecule has 0 saturated carbocycles. The van der Waals surface area contributed by atoms with E-state index in [1.54, 1.807) is 19.2 Å². The third kappa shape index (κ3) is 3.57. The first-order chi connectivity index (χ1) is 16.0. The van der Waals surface area contributed by atoms with Crippen molar-refractivity contribution in [2.24, 2.45) is 7.05 Å². The summed E-state index contributed by atoms with van der Waals surface area (Å²) >= 11 is 0. The summed E-state index contributed by atoms with van der Waals surface area (Å²) in [6.45, 7) is 0. The molecule has 0 aliphatic heterocycles. The van der Waals surface area contributed by atoms with Gasteiger partial charge in [0, 0.05) is 24.9 Å². The van der Waals surface area contributed by atoms with Crippen molar-refractivity contribution < 1.29 is 9.18 Å². The smallest absolute Gasteiger partial charge is 0.274 e. The van der Waals surface area contributed by atoms with E-state index in [1.165, 1.54) is 33.9 Å². The Hall–Kier alpha value is -4.91. The van der Waals surface area contributed by atoms with E-state index >= 15 is 0 Å². The van der Waals surface area contributed by atoms with Crippen molar-refractivity contribution >= 4 is 17.2 Å². The molecule has 0 saturated heterocycles. The quantitative estimate of drug-likeness (QED) is 0.460. The molecule has 0 fully saturated rings. The molecule has 4 aromatic heterocycles. The molecule has 33 heavy (non-hydrogen) atoms. The standard InChI is InChI=1S/C23H15FN8O/c1-31-21(16(12-27-31)20-15(11-25)8-5-9-26-20)23(33)28-18-13-32-19(10-17(18)24)29-22(30-32)14-6-3-2-4-7-14/h2-10,12-13H,1H3,(H,28,33). The SMILES string of the molecule is Cn1ncc(-c2ncccc2C#N)c1C(=O)Nc1cn2nc(-c3ccccc3)nc2cc1F. The Kier molecular flexibility index (Phi) is 4.84. The van der Waals surface area contributed by atoms with E-state index in [9.17, 15) is 14.4 Å². The summed E-state index contributed by atoms with van der Waals surface area (Å²) in [5.74, 6) is -0.838. The van der Waals surface area contributed by atoms with Gasteiger partial charge in [0.05, 0.1) is 34.9 Å². The summed E-state index contributed by atoms with van der Waals surface area (Å²) in [6.07, 6.45) is 4.33. The number of nitrogens with zero attached hydrogens (tertiary/aromatic N) is 7. The van der Waals surface area contributed by atoms with Gasteiger partial charge in [-0.3, -0.25) is 14.5 Å². The molecule has 0 aliphatic rings. The number of nitriles is 1. The Balaban J connectivity index is 1.51. The number of pyridine rings is 2.